The van der Waals surface area contributed by atoms with Crippen LogP contribution in [-0.4, -0.2) is 31.7 Å². The Labute approximate surface area is 89.7 Å². The summed E-state index contributed by atoms with van der Waals surface area (Å²) in [4.78, 5) is 2.21. The van der Waals surface area contributed by atoms with Gasteiger partial charge in [0.15, 0.2) is 0 Å². The van der Waals surface area contributed by atoms with Gasteiger partial charge in [0.1, 0.15) is 5.82 Å². The van der Waals surface area contributed by atoms with Crippen molar-refractivity contribution in [3.63, 3.8) is 0 Å². The normalized spacial score (nSPS) is 27.1. The zero-order valence-electron chi connectivity index (χ0n) is 9.11. The van der Waals surface area contributed by atoms with Gasteiger partial charge in [-0.25, -0.2) is 4.39 Å². The fourth-order valence-electron chi connectivity index (χ4n) is 2.23. The first kappa shape index (κ1) is 10.6. The van der Waals surface area contributed by atoms with Crippen LogP contribution in [0.1, 0.15) is 18.0 Å². The monoisotopic (exact) mass is 209 g/mol. The van der Waals surface area contributed by atoms with Crippen molar-refractivity contribution in [2.45, 2.75) is 18.6 Å². The minimum atomic E-state index is -0.165. The Morgan fingerprint density at radius 3 is 2.87 bits per heavy atom. The molecule has 0 aromatic heterocycles. The third-order valence-corrected chi connectivity index (χ3v) is 3.08. The zero-order valence-corrected chi connectivity index (χ0v) is 9.11. The molecule has 15 heavy (non-hydrogen) atoms. The van der Waals surface area contributed by atoms with Crippen molar-refractivity contribution >= 4 is 0 Å². The molecule has 2 rings (SSSR count). The number of hydrogen-bond acceptors (Lipinski definition) is 2. The molecule has 1 saturated heterocycles. The summed E-state index contributed by atoms with van der Waals surface area (Å²) in [5, 5.41) is 0. The molecule has 0 saturated carbocycles. The third-order valence-electron chi connectivity index (χ3n) is 3.08. The lowest BCUT2D eigenvalue weighted by Gasteiger charge is -2.18. The molecule has 82 valence electrons. The van der Waals surface area contributed by atoms with E-state index in [1.165, 1.54) is 6.07 Å². The topological polar surface area (TPSA) is 12.5 Å². The van der Waals surface area contributed by atoms with Crippen molar-refractivity contribution in [1.82, 2.24) is 4.90 Å². The zero-order chi connectivity index (χ0) is 10.8. The summed E-state index contributed by atoms with van der Waals surface area (Å²) in [6.07, 6.45) is 1.21. The van der Waals surface area contributed by atoms with E-state index < -0.39 is 0 Å². The van der Waals surface area contributed by atoms with E-state index in [4.69, 9.17) is 4.74 Å². The lowest BCUT2D eigenvalue weighted by Crippen LogP contribution is -2.20. The summed E-state index contributed by atoms with van der Waals surface area (Å²) in [7, 11) is 3.78. The molecule has 1 heterocycles. The quantitative estimate of drug-likeness (QED) is 0.740. The van der Waals surface area contributed by atoms with Crippen molar-refractivity contribution < 1.29 is 9.13 Å². The van der Waals surface area contributed by atoms with Crippen molar-refractivity contribution in [3.8, 4) is 0 Å². The second-order valence-electron chi connectivity index (χ2n) is 4.10. The lowest BCUT2D eigenvalue weighted by molar-refractivity contribution is 0.111. The Bertz CT molecular complexity index is 342. The maximum absolute atomic E-state index is 13.1. The number of methoxy groups -OCH3 is 1. The van der Waals surface area contributed by atoms with Gasteiger partial charge in [0, 0.05) is 19.7 Å². The van der Waals surface area contributed by atoms with Crippen molar-refractivity contribution in [2.75, 3.05) is 20.7 Å². The van der Waals surface area contributed by atoms with Gasteiger partial charge in [0.05, 0.1) is 6.10 Å². The molecule has 0 spiro atoms. The molecule has 0 aliphatic carbocycles. The van der Waals surface area contributed by atoms with Crippen LogP contribution >= 0.6 is 0 Å². The molecule has 2 unspecified atom stereocenters. The molecular weight excluding hydrogens is 193 g/mol. The van der Waals surface area contributed by atoms with Gasteiger partial charge in [-0.1, -0.05) is 12.1 Å². The van der Waals surface area contributed by atoms with E-state index in [1.54, 1.807) is 19.2 Å². The molecule has 1 aliphatic rings. The van der Waals surface area contributed by atoms with Gasteiger partial charge in [-0.15, -0.1) is 0 Å². The van der Waals surface area contributed by atoms with Crippen LogP contribution in [0.5, 0.6) is 0 Å². The molecule has 3 heteroatoms. The van der Waals surface area contributed by atoms with Gasteiger partial charge < -0.3 is 4.74 Å². The van der Waals surface area contributed by atoms with Crippen LogP contribution in [0.3, 0.4) is 0 Å². The molecule has 0 radical (unpaired) electrons. The molecule has 0 bridgehead atoms. The van der Waals surface area contributed by atoms with E-state index in [-0.39, 0.29) is 18.0 Å². The van der Waals surface area contributed by atoms with Gasteiger partial charge in [-0.05, 0) is 31.2 Å². The fraction of sp³-hybridized carbons (Fsp3) is 0.500. The largest absolute Gasteiger partial charge is 0.380 e. The average molecular weight is 209 g/mol. The van der Waals surface area contributed by atoms with Gasteiger partial charge in [-0.2, -0.15) is 0 Å². The molecule has 2 nitrogen and oxygen atoms in total. The van der Waals surface area contributed by atoms with Crippen molar-refractivity contribution in [2.24, 2.45) is 0 Å². The van der Waals surface area contributed by atoms with Gasteiger partial charge >= 0.3 is 0 Å². The maximum Gasteiger partial charge on any atom is 0.123 e. The van der Waals surface area contributed by atoms with Crippen molar-refractivity contribution in [3.05, 3.63) is 35.6 Å². The first-order valence-corrected chi connectivity index (χ1v) is 5.19. The molecular formula is C12H16FNO. The molecule has 1 aromatic carbocycles. The lowest BCUT2D eigenvalue weighted by atomic mass is 10.0. The molecule has 1 fully saturated rings. The average Bonchev–Trinajstić information content (AvgIpc) is 2.60. The van der Waals surface area contributed by atoms with E-state index in [0.717, 1.165) is 18.5 Å². The van der Waals surface area contributed by atoms with Crippen LogP contribution in [-0.2, 0) is 4.74 Å². The van der Waals surface area contributed by atoms with E-state index in [1.807, 2.05) is 6.07 Å². The highest BCUT2D eigenvalue weighted by molar-refractivity contribution is 5.21. The van der Waals surface area contributed by atoms with Gasteiger partial charge in [0.2, 0.25) is 0 Å². The highest BCUT2D eigenvalue weighted by atomic mass is 19.1. The fourth-order valence-corrected chi connectivity index (χ4v) is 2.23. The number of hydrogen-bond donors (Lipinski definition) is 0. The Morgan fingerprint density at radius 1 is 1.47 bits per heavy atom. The predicted octanol–water partition coefficient (Wildman–Crippen LogP) is 2.22. The number of halogens is 1. The summed E-state index contributed by atoms with van der Waals surface area (Å²) in [5.41, 5.74) is 1.04. The van der Waals surface area contributed by atoms with Crippen LogP contribution in [0.2, 0.25) is 0 Å². The molecule has 2 atom stereocenters. The van der Waals surface area contributed by atoms with Crippen molar-refractivity contribution in [1.29, 1.82) is 0 Å². The first-order valence-electron chi connectivity index (χ1n) is 5.19. The number of nitrogens with zero attached hydrogens (tertiary/aromatic N) is 1. The van der Waals surface area contributed by atoms with E-state index in [2.05, 4.69) is 11.9 Å². The highest BCUT2D eigenvalue weighted by Gasteiger charge is 2.30. The SMILES string of the molecule is COC1CC(c2cccc(F)c2)N(C)C1. The van der Waals surface area contributed by atoms with Crippen LogP contribution < -0.4 is 0 Å². The molecule has 1 aliphatic heterocycles. The number of rotatable bonds is 2. The number of likely N-dealkylation sites (N-methyl/N-ethyl adjacent to an activating group) is 1. The standard InChI is InChI=1S/C12H16FNO/c1-14-8-11(15-2)7-12(14)9-4-3-5-10(13)6-9/h3-6,11-12H,7-8H2,1-2H3. The minimum Gasteiger partial charge on any atom is -0.380 e. The summed E-state index contributed by atoms with van der Waals surface area (Å²) >= 11 is 0. The molecule has 0 N–H and O–H groups in total. The highest BCUT2D eigenvalue weighted by Crippen LogP contribution is 2.31. The molecule has 1 aromatic rings. The molecule has 0 amide bonds. The third kappa shape index (κ3) is 2.19. The van der Waals surface area contributed by atoms with E-state index in [9.17, 15) is 4.39 Å². The Morgan fingerprint density at radius 2 is 2.27 bits per heavy atom. The Kier molecular flexibility index (Phi) is 3.03. The summed E-state index contributed by atoms with van der Waals surface area (Å²) in [6, 6.07) is 7.11. The second kappa shape index (κ2) is 4.29. The Balaban J connectivity index is 2.17. The maximum atomic E-state index is 13.1. The number of likely N-dealkylation sites (tertiary alicyclic amines) is 1. The number of ether oxygens (including phenoxy) is 1. The van der Waals surface area contributed by atoms with Gasteiger partial charge in [0.25, 0.3) is 0 Å². The first-order chi connectivity index (χ1) is 7.20. The van der Waals surface area contributed by atoms with E-state index >= 15 is 0 Å². The van der Waals surface area contributed by atoms with E-state index in [0.29, 0.717) is 0 Å². The summed E-state index contributed by atoms with van der Waals surface area (Å²) < 4.78 is 18.4. The number of benzene rings is 1. The minimum absolute atomic E-state index is 0.165. The summed E-state index contributed by atoms with van der Waals surface area (Å²) in [6.45, 7) is 0.914. The second-order valence-corrected chi connectivity index (χ2v) is 4.10. The summed E-state index contributed by atoms with van der Waals surface area (Å²) in [5.74, 6) is -0.165. The van der Waals surface area contributed by atoms with Crippen LogP contribution in [0.15, 0.2) is 24.3 Å². The predicted molar refractivity (Wildman–Crippen MR) is 57.2 cm³/mol. The smallest absolute Gasteiger partial charge is 0.123 e. The van der Waals surface area contributed by atoms with Crippen LogP contribution in [0.4, 0.5) is 4.39 Å². The Hall–Kier alpha value is -0.930. The van der Waals surface area contributed by atoms with Crippen LogP contribution in [0.25, 0.3) is 0 Å². The van der Waals surface area contributed by atoms with Gasteiger partial charge in [-0.3, -0.25) is 4.90 Å². The van der Waals surface area contributed by atoms with Crippen LogP contribution in [0, 0.1) is 5.82 Å².